The van der Waals surface area contributed by atoms with E-state index in [-0.39, 0.29) is 10.9 Å². The molecule has 0 bridgehead atoms. The fourth-order valence-corrected chi connectivity index (χ4v) is 2.35. The number of nitrogens with one attached hydrogen (secondary N) is 1. The number of anilines is 2. The van der Waals surface area contributed by atoms with Crippen molar-refractivity contribution in [3.8, 4) is 0 Å². The van der Waals surface area contributed by atoms with Crippen LogP contribution in [-0.2, 0) is 6.54 Å². The van der Waals surface area contributed by atoms with Crippen molar-refractivity contribution in [2.45, 2.75) is 32.7 Å². The van der Waals surface area contributed by atoms with Crippen molar-refractivity contribution in [1.29, 1.82) is 0 Å². The second-order valence-corrected chi connectivity index (χ2v) is 6.11. The quantitative estimate of drug-likeness (QED) is 0.851. The Hall–Kier alpha value is -1.81. The average Bonchev–Trinajstić information content (AvgIpc) is 2.43. The molecular weight excluding hydrogens is 286 g/mol. The lowest BCUT2D eigenvalue weighted by molar-refractivity contribution is 0.510. The molecule has 0 aliphatic heterocycles. The van der Waals surface area contributed by atoms with E-state index in [1.54, 1.807) is 17.0 Å². The second-order valence-electron chi connectivity index (χ2n) is 5.46. The molecule has 0 saturated carbocycles. The lowest BCUT2D eigenvalue weighted by atomic mass is 10.1. The molecule has 21 heavy (non-hydrogen) atoms. The molecule has 112 valence electrons. The van der Waals surface area contributed by atoms with E-state index < -0.39 is 0 Å². The molecule has 0 fully saturated rings. The minimum absolute atomic E-state index is 0.122. The number of hydrogen-bond donors (Lipinski definition) is 1. The Balaban J connectivity index is 2.35. The van der Waals surface area contributed by atoms with E-state index >= 15 is 0 Å². The van der Waals surface area contributed by atoms with Gasteiger partial charge in [0.2, 0.25) is 0 Å². The number of hydrogen-bond acceptors (Lipinski definition) is 3. The molecule has 5 heteroatoms. The van der Waals surface area contributed by atoms with Gasteiger partial charge in [-0.2, -0.15) is 0 Å². The van der Waals surface area contributed by atoms with Gasteiger partial charge in [-0.25, -0.2) is 4.98 Å². The van der Waals surface area contributed by atoms with Crippen molar-refractivity contribution in [3.63, 3.8) is 0 Å². The summed E-state index contributed by atoms with van der Waals surface area (Å²) in [6.45, 7) is 6.72. The molecular formula is C16H20ClN3O. The third-order valence-electron chi connectivity index (χ3n) is 3.12. The molecule has 2 aromatic rings. The van der Waals surface area contributed by atoms with Crippen molar-refractivity contribution >= 4 is 23.1 Å². The van der Waals surface area contributed by atoms with Gasteiger partial charge in [0, 0.05) is 24.6 Å². The molecule has 0 amide bonds. The predicted molar refractivity (Wildman–Crippen MR) is 87.3 cm³/mol. The molecule has 1 heterocycles. The molecule has 2 rings (SSSR count). The minimum Gasteiger partial charge on any atom is -0.335 e. The highest BCUT2D eigenvalue weighted by Gasteiger charge is 2.11. The Morgan fingerprint density at radius 2 is 2.00 bits per heavy atom. The van der Waals surface area contributed by atoms with Gasteiger partial charge in [0.15, 0.2) is 5.82 Å². The molecule has 0 spiro atoms. The van der Waals surface area contributed by atoms with Gasteiger partial charge in [-0.15, -0.1) is 11.6 Å². The van der Waals surface area contributed by atoms with Crippen LogP contribution in [-0.4, -0.2) is 9.55 Å². The zero-order valence-corrected chi connectivity index (χ0v) is 13.3. The van der Waals surface area contributed by atoms with Crippen molar-refractivity contribution in [2.24, 2.45) is 5.92 Å². The summed E-state index contributed by atoms with van der Waals surface area (Å²) in [5.41, 5.74) is 1.63. The number of aromatic nitrogens is 2. The summed E-state index contributed by atoms with van der Waals surface area (Å²) in [7, 11) is 0. The first-order valence-corrected chi connectivity index (χ1v) is 7.48. The van der Waals surface area contributed by atoms with Crippen LogP contribution in [0.25, 0.3) is 0 Å². The van der Waals surface area contributed by atoms with Crippen molar-refractivity contribution in [1.82, 2.24) is 9.55 Å². The van der Waals surface area contributed by atoms with Crippen molar-refractivity contribution < 1.29 is 0 Å². The minimum atomic E-state index is -0.143. The van der Waals surface area contributed by atoms with E-state index in [0.717, 1.165) is 11.3 Å². The first-order valence-electron chi connectivity index (χ1n) is 7.04. The van der Waals surface area contributed by atoms with Crippen LogP contribution in [0.4, 0.5) is 11.5 Å². The van der Waals surface area contributed by atoms with Crippen LogP contribution in [0, 0.1) is 5.92 Å². The van der Waals surface area contributed by atoms with Crippen molar-refractivity contribution in [2.75, 3.05) is 5.32 Å². The highest BCUT2D eigenvalue weighted by atomic mass is 35.5. The molecule has 1 unspecified atom stereocenters. The molecule has 1 aromatic carbocycles. The van der Waals surface area contributed by atoms with Gasteiger partial charge in [0.1, 0.15) is 0 Å². The first kappa shape index (κ1) is 15.6. The number of rotatable bonds is 5. The maximum atomic E-state index is 12.4. The summed E-state index contributed by atoms with van der Waals surface area (Å²) in [4.78, 5) is 16.5. The summed E-state index contributed by atoms with van der Waals surface area (Å²) in [5, 5.41) is 2.96. The number of halogens is 1. The van der Waals surface area contributed by atoms with Gasteiger partial charge in [0.25, 0.3) is 5.56 Å². The standard InChI is InChI=1S/C16H20ClN3O/c1-11(2)10-20-9-8-18-15(16(20)21)19-14-7-5-4-6-13(14)12(3)17/h4-9,11-12H,10H2,1-3H3,(H,18,19). The smallest absolute Gasteiger partial charge is 0.293 e. The Bertz CT molecular complexity index is 665. The first-order chi connectivity index (χ1) is 9.99. The maximum Gasteiger partial charge on any atom is 0.293 e. The van der Waals surface area contributed by atoms with E-state index in [9.17, 15) is 4.79 Å². The van der Waals surface area contributed by atoms with Crippen LogP contribution in [0.2, 0.25) is 0 Å². The largest absolute Gasteiger partial charge is 0.335 e. The number of para-hydroxylation sites is 1. The lowest BCUT2D eigenvalue weighted by Gasteiger charge is -2.14. The summed E-state index contributed by atoms with van der Waals surface area (Å²) < 4.78 is 1.67. The molecule has 0 aliphatic carbocycles. The van der Waals surface area contributed by atoms with Crippen LogP contribution in [0.5, 0.6) is 0 Å². The molecule has 4 nitrogen and oxygen atoms in total. The summed E-state index contributed by atoms with van der Waals surface area (Å²) in [6.07, 6.45) is 3.35. The van der Waals surface area contributed by atoms with Crippen LogP contribution in [0.1, 0.15) is 31.7 Å². The van der Waals surface area contributed by atoms with Gasteiger partial charge in [-0.3, -0.25) is 4.79 Å². The number of nitrogens with zero attached hydrogens (tertiary/aromatic N) is 2. The third-order valence-corrected chi connectivity index (χ3v) is 3.35. The fraction of sp³-hybridized carbons (Fsp3) is 0.375. The zero-order valence-electron chi connectivity index (χ0n) is 12.5. The number of alkyl halides is 1. The van der Waals surface area contributed by atoms with Crippen LogP contribution >= 0.6 is 11.6 Å². The van der Waals surface area contributed by atoms with Crippen LogP contribution in [0.3, 0.4) is 0 Å². The highest BCUT2D eigenvalue weighted by Crippen LogP contribution is 2.28. The monoisotopic (exact) mass is 305 g/mol. The topological polar surface area (TPSA) is 46.9 Å². The van der Waals surface area contributed by atoms with Crippen LogP contribution < -0.4 is 10.9 Å². The number of benzene rings is 1. The van der Waals surface area contributed by atoms with Gasteiger partial charge in [-0.05, 0) is 24.5 Å². The highest BCUT2D eigenvalue weighted by molar-refractivity contribution is 6.21. The summed E-state index contributed by atoms with van der Waals surface area (Å²) in [6, 6.07) is 7.67. The summed E-state index contributed by atoms with van der Waals surface area (Å²) in [5.74, 6) is 0.719. The Morgan fingerprint density at radius 3 is 2.67 bits per heavy atom. The molecule has 0 aliphatic rings. The molecule has 1 aromatic heterocycles. The van der Waals surface area contributed by atoms with Gasteiger partial charge in [0.05, 0.1) is 5.38 Å². The van der Waals surface area contributed by atoms with Gasteiger partial charge < -0.3 is 9.88 Å². The Morgan fingerprint density at radius 1 is 1.29 bits per heavy atom. The average molecular weight is 306 g/mol. The molecule has 0 radical (unpaired) electrons. The van der Waals surface area contributed by atoms with Gasteiger partial charge in [-0.1, -0.05) is 32.0 Å². The van der Waals surface area contributed by atoms with Gasteiger partial charge >= 0.3 is 0 Å². The lowest BCUT2D eigenvalue weighted by Crippen LogP contribution is -2.25. The SMILES string of the molecule is CC(C)Cn1ccnc(Nc2ccccc2C(C)Cl)c1=O. The summed E-state index contributed by atoms with van der Waals surface area (Å²) >= 11 is 6.17. The Kier molecular flexibility index (Phi) is 5.02. The van der Waals surface area contributed by atoms with E-state index in [1.165, 1.54) is 0 Å². The second kappa shape index (κ2) is 6.76. The fourth-order valence-electron chi connectivity index (χ4n) is 2.16. The maximum absolute atomic E-state index is 12.4. The van der Waals surface area contributed by atoms with E-state index in [4.69, 9.17) is 11.6 Å². The van der Waals surface area contributed by atoms with Crippen molar-refractivity contribution in [3.05, 3.63) is 52.6 Å². The van der Waals surface area contributed by atoms with E-state index in [2.05, 4.69) is 24.1 Å². The molecule has 1 atom stereocenters. The molecule has 0 saturated heterocycles. The van der Waals surface area contributed by atoms with Crippen LogP contribution in [0.15, 0.2) is 41.5 Å². The predicted octanol–water partition coefficient (Wildman–Crippen LogP) is 3.94. The normalized spacial score (nSPS) is 12.4. The zero-order chi connectivity index (χ0) is 15.4. The Labute approximate surface area is 129 Å². The van der Waals surface area contributed by atoms with E-state index in [1.807, 2.05) is 31.2 Å². The third kappa shape index (κ3) is 3.85. The molecule has 1 N–H and O–H groups in total. The van der Waals surface area contributed by atoms with E-state index in [0.29, 0.717) is 18.3 Å².